The van der Waals surface area contributed by atoms with Crippen molar-refractivity contribution >= 4 is 5.91 Å². The average Bonchev–Trinajstić information content (AvgIpc) is 2.73. The normalized spacial score (nSPS) is 24.1. The van der Waals surface area contributed by atoms with Crippen molar-refractivity contribution in [3.05, 3.63) is 35.9 Å². The van der Waals surface area contributed by atoms with Gasteiger partial charge in [0.05, 0.1) is 6.61 Å². The lowest BCUT2D eigenvalue weighted by atomic mass is 9.79. The predicted molar refractivity (Wildman–Crippen MR) is 110 cm³/mol. The molecule has 0 atom stereocenters. The van der Waals surface area contributed by atoms with Crippen LogP contribution < -0.4 is 0 Å². The zero-order valence-electron chi connectivity index (χ0n) is 17.1. The van der Waals surface area contributed by atoms with E-state index < -0.39 is 0 Å². The monoisotopic (exact) mass is 371 g/mol. The molecule has 1 amide bonds. The fraction of sp³-hybridized carbons (Fsp3) is 0.708. The maximum atomic E-state index is 12.9. The first-order valence-corrected chi connectivity index (χ1v) is 11.2. The maximum Gasteiger partial charge on any atom is 0.225 e. The van der Waals surface area contributed by atoms with Crippen molar-refractivity contribution in [3.8, 4) is 0 Å². The van der Waals surface area contributed by atoms with Crippen LogP contribution in [0.5, 0.6) is 0 Å². The van der Waals surface area contributed by atoms with Crippen LogP contribution in [0.2, 0.25) is 0 Å². The molecule has 27 heavy (non-hydrogen) atoms. The first kappa shape index (κ1) is 20.4. The van der Waals surface area contributed by atoms with Crippen molar-refractivity contribution in [1.82, 2.24) is 4.90 Å². The van der Waals surface area contributed by atoms with Crippen molar-refractivity contribution in [3.63, 3.8) is 0 Å². The van der Waals surface area contributed by atoms with Gasteiger partial charge in [-0.2, -0.15) is 0 Å². The highest BCUT2D eigenvalue weighted by Crippen LogP contribution is 2.33. The molecular formula is C24H37NO2. The van der Waals surface area contributed by atoms with Gasteiger partial charge >= 0.3 is 0 Å². The van der Waals surface area contributed by atoms with Crippen LogP contribution in [0.1, 0.15) is 70.3 Å². The van der Waals surface area contributed by atoms with Crippen molar-refractivity contribution in [2.24, 2.45) is 17.8 Å². The van der Waals surface area contributed by atoms with Crippen LogP contribution in [0, 0.1) is 17.8 Å². The molecule has 1 aromatic rings. The summed E-state index contributed by atoms with van der Waals surface area (Å²) >= 11 is 0. The minimum atomic E-state index is 0.300. The van der Waals surface area contributed by atoms with E-state index in [0.29, 0.717) is 24.3 Å². The third kappa shape index (κ3) is 6.34. The molecule has 3 rings (SSSR count). The van der Waals surface area contributed by atoms with Gasteiger partial charge in [-0.1, -0.05) is 56.5 Å². The molecule has 1 saturated carbocycles. The van der Waals surface area contributed by atoms with Gasteiger partial charge in [-0.25, -0.2) is 0 Å². The number of rotatable bonds is 8. The molecule has 0 unspecified atom stereocenters. The number of piperidine rings is 1. The summed E-state index contributed by atoms with van der Waals surface area (Å²) in [6, 6.07) is 10.4. The Kier molecular flexibility index (Phi) is 8.19. The van der Waals surface area contributed by atoms with Crippen LogP contribution in [0.4, 0.5) is 0 Å². The smallest absolute Gasteiger partial charge is 0.225 e. The topological polar surface area (TPSA) is 29.5 Å². The van der Waals surface area contributed by atoms with Gasteiger partial charge in [0.25, 0.3) is 0 Å². The summed E-state index contributed by atoms with van der Waals surface area (Å²) in [5, 5.41) is 0. The van der Waals surface area contributed by atoms with Gasteiger partial charge in [0.15, 0.2) is 0 Å². The van der Waals surface area contributed by atoms with E-state index in [-0.39, 0.29) is 0 Å². The molecule has 2 aliphatic rings. The van der Waals surface area contributed by atoms with Crippen LogP contribution in [-0.2, 0) is 16.1 Å². The van der Waals surface area contributed by atoms with E-state index in [1.54, 1.807) is 0 Å². The van der Waals surface area contributed by atoms with Gasteiger partial charge in [-0.3, -0.25) is 4.79 Å². The molecule has 0 bridgehead atoms. The summed E-state index contributed by atoms with van der Waals surface area (Å²) in [7, 11) is 0. The standard InChI is InChI=1S/C24H37NO2/c1-2-3-7-20-10-12-23(13-11-20)24(26)25-16-14-22(15-17-25)19-27-18-21-8-5-4-6-9-21/h4-6,8-9,20,22-23H,2-3,7,10-19H2,1H3. The first-order chi connectivity index (χ1) is 13.3. The van der Waals surface area contributed by atoms with Crippen LogP contribution >= 0.6 is 0 Å². The summed E-state index contributed by atoms with van der Waals surface area (Å²) in [5.74, 6) is 2.21. The fourth-order valence-electron chi connectivity index (χ4n) is 4.69. The van der Waals surface area contributed by atoms with Gasteiger partial charge in [0, 0.05) is 25.6 Å². The number of hydrogen-bond donors (Lipinski definition) is 0. The third-order valence-electron chi connectivity index (χ3n) is 6.55. The van der Waals surface area contributed by atoms with Crippen LogP contribution in [0.15, 0.2) is 30.3 Å². The third-order valence-corrected chi connectivity index (χ3v) is 6.55. The van der Waals surface area contributed by atoms with Gasteiger partial charge in [0.1, 0.15) is 0 Å². The number of unbranched alkanes of at least 4 members (excludes halogenated alkanes) is 1. The number of amides is 1. The van der Waals surface area contributed by atoms with Gasteiger partial charge in [-0.05, 0) is 55.9 Å². The molecule has 3 nitrogen and oxygen atoms in total. The molecule has 0 radical (unpaired) electrons. The molecule has 1 aromatic carbocycles. The second-order valence-electron chi connectivity index (χ2n) is 8.63. The number of carbonyl (C=O) groups is 1. The lowest BCUT2D eigenvalue weighted by Gasteiger charge is -2.36. The van der Waals surface area contributed by atoms with Crippen molar-refractivity contribution in [2.75, 3.05) is 19.7 Å². The van der Waals surface area contributed by atoms with Gasteiger partial charge in [0.2, 0.25) is 5.91 Å². The molecule has 1 heterocycles. The second kappa shape index (κ2) is 10.8. The quantitative estimate of drug-likeness (QED) is 0.609. The highest BCUT2D eigenvalue weighted by atomic mass is 16.5. The van der Waals surface area contributed by atoms with Crippen molar-refractivity contribution < 1.29 is 9.53 Å². The molecule has 1 aliphatic heterocycles. The Morgan fingerprint density at radius 2 is 1.70 bits per heavy atom. The molecule has 0 spiro atoms. The lowest BCUT2D eigenvalue weighted by molar-refractivity contribution is -0.138. The zero-order valence-corrected chi connectivity index (χ0v) is 17.1. The number of likely N-dealkylation sites (tertiary alicyclic amines) is 1. The average molecular weight is 372 g/mol. The first-order valence-electron chi connectivity index (χ1n) is 11.2. The summed E-state index contributed by atoms with van der Waals surface area (Å²) in [5.41, 5.74) is 1.24. The SMILES string of the molecule is CCCCC1CCC(C(=O)N2CCC(COCc3ccccc3)CC2)CC1. The highest BCUT2D eigenvalue weighted by molar-refractivity contribution is 5.79. The van der Waals surface area contributed by atoms with E-state index in [4.69, 9.17) is 4.74 Å². The van der Waals surface area contributed by atoms with E-state index in [0.717, 1.165) is 51.3 Å². The number of ether oxygens (including phenoxy) is 1. The van der Waals surface area contributed by atoms with Gasteiger partial charge in [-0.15, -0.1) is 0 Å². The van der Waals surface area contributed by atoms with Crippen LogP contribution in [0.25, 0.3) is 0 Å². The van der Waals surface area contributed by atoms with Crippen LogP contribution in [0.3, 0.4) is 0 Å². The lowest BCUT2D eigenvalue weighted by Crippen LogP contribution is -2.43. The Morgan fingerprint density at radius 3 is 2.37 bits per heavy atom. The molecule has 0 aromatic heterocycles. The molecular weight excluding hydrogens is 334 g/mol. The Labute approximate surface area is 165 Å². The maximum absolute atomic E-state index is 12.9. The Balaban J connectivity index is 1.32. The van der Waals surface area contributed by atoms with Crippen LogP contribution in [-0.4, -0.2) is 30.5 Å². The molecule has 1 saturated heterocycles. The highest BCUT2D eigenvalue weighted by Gasteiger charge is 2.31. The van der Waals surface area contributed by atoms with E-state index >= 15 is 0 Å². The van der Waals surface area contributed by atoms with Crippen molar-refractivity contribution in [2.45, 2.75) is 71.3 Å². The summed E-state index contributed by atoms with van der Waals surface area (Å²) in [6.07, 6.45) is 11.0. The largest absolute Gasteiger partial charge is 0.376 e. The molecule has 1 aliphatic carbocycles. The minimum Gasteiger partial charge on any atom is -0.376 e. The van der Waals surface area contributed by atoms with Crippen molar-refractivity contribution in [1.29, 1.82) is 0 Å². The van der Waals surface area contributed by atoms with E-state index in [1.807, 2.05) is 6.07 Å². The summed E-state index contributed by atoms with van der Waals surface area (Å²) < 4.78 is 5.91. The Bertz CT molecular complexity index is 543. The van der Waals surface area contributed by atoms with Gasteiger partial charge < -0.3 is 9.64 Å². The predicted octanol–water partition coefficient (Wildman–Crippen LogP) is 5.44. The zero-order chi connectivity index (χ0) is 18.9. The molecule has 150 valence electrons. The summed E-state index contributed by atoms with van der Waals surface area (Å²) in [4.78, 5) is 15.0. The van der Waals surface area contributed by atoms with E-state index in [2.05, 4.69) is 36.1 Å². The number of hydrogen-bond acceptors (Lipinski definition) is 2. The Morgan fingerprint density at radius 1 is 1.00 bits per heavy atom. The molecule has 2 fully saturated rings. The minimum absolute atomic E-state index is 0.300. The van der Waals surface area contributed by atoms with E-state index in [9.17, 15) is 4.79 Å². The number of nitrogens with zero attached hydrogens (tertiary/aromatic N) is 1. The molecule has 0 N–H and O–H groups in total. The second-order valence-corrected chi connectivity index (χ2v) is 8.63. The number of benzene rings is 1. The Hall–Kier alpha value is -1.35. The van der Waals surface area contributed by atoms with E-state index in [1.165, 1.54) is 37.7 Å². The number of carbonyl (C=O) groups excluding carboxylic acids is 1. The summed E-state index contributed by atoms with van der Waals surface area (Å²) in [6.45, 7) is 5.63. The fourth-order valence-corrected chi connectivity index (χ4v) is 4.69. The molecule has 3 heteroatoms.